The van der Waals surface area contributed by atoms with Gasteiger partial charge in [0, 0.05) is 3.57 Å². The lowest BCUT2D eigenvalue weighted by atomic mass is 10.2. The van der Waals surface area contributed by atoms with Crippen LogP contribution in [0.3, 0.4) is 0 Å². The molecule has 0 saturated heterocycles. The average Bonchev–Trinajstić information content (AvgIpc) is 2.17. The Kier molecular flexibility index (Phi) is 5.75. The number of aromatic hydroxyl groups is 1. The number of phenols is 1. The molecule has 7 heteroatoms. The van der Waals surface area contributed by atoms with Crippen LogP contribution in [0.1, 0.15) is 41.5 Å². The van der Waals surface area contributed by atoms with Gasteiger partial charge >= 0.3 is 7.82 Å². The fourth-order valence-corrected chi connectivity index (χ4v) is 3.71. The molecule has 0 heterocycles. The average molecular weight is 428 g/mol. The van der Waals surface area contributed by atoms with Crippen molar-refractivity contribution in [1.29, 1.82) is 0 Å². The van der Waals surface area contributed by atoms with Gasteiger partial charge in [0.05, 0.1) is 11.2 Å². The normalized spacial score (nSPS) is 13.3. The van der Waals surface area contributed by atoms with Crippen molar-refractivity contribution < 1.29 is 23.2 Å². The van der Waals surface area contributed by atoms with Gasteiger partial charge in [0.2, 0.25) is 0 Å². The lowest BCUT2D eigenvalue weighted by Crippen LogP contribution is -2.25. The third-order valence-electron chi connectivity index (χ3n) is 1.90. The molecular formula is C14H22IO5P. The summed E-state index contributed by atoms with van der Waals surface area (Å²) in [6, 6.07) is 4.75. The van der Waals surface area contributed by atoms with Gasteiger partial charge in [-0.2, -0.15) is 0 Å². The zero-order chi connectivity index (χ0) is 16.5. The van der Waals surface area contributed by atoms with Crippen LogP contribution in [0.4, 0.5) is 0 Å². The highest BCUT2D eigenvalue weighted by Crippen LogP contribution is 2.56. The lowest BCUT2D eigenvalue weighted by molar-refractivity contribution is 0.0220. The third kappa shape index (κ3) is 7.00. The number of hydrogen-bond donors (Lipinski definition) is 1. The Bertz CT molecular complexity index is 525. The standard InChI is InChI=1S/C14H22IO5P/c1-13(2,3)19-21(17,20-14(4,5)6)18-12-9-10(15)7-8-11(12)16/h7-9,16H,1-6H3. The summed E-state index contributed by atoms with van der Waals surface area (Å²) < 4.78 is 30.1. The molecule has 0 aliphatic rings. The van der Waals surface area contributed by atoms with Gasteiger partial charge < -0.3 is 9.63 Å². The maximum Gasteiger partial charge on any atom is 0.531 e. The summed E-state index contributed by atoms with van der Waals surface area (Å²) in [5, 5.41) is 9.83. The number of phosphoric ester groups is 1. The first-order chi connectivity index (χ1) is 9.30. The minimum Gasteiger partial charge on any atom is -0.504 e. The van der Waals surface area contributed by atoms with Crippen molar-refractivity contribution in [1.82, 2.24) is 0 Å². The van der Waals surface area contributed by atoms with Gasteiger partial charge in [-0.15, -0.1) is 0 Å². The molecule has 0 fully saturated rings. The number of halogens is 1. The molecule has 0 amide bonds. The van der Waals surface area contributed by atoms with Gasteiger partial charge in [0.15, 0.2) is 11.5 Å². The summed E-state index contributed by atoms with van der Waals surface area (Å²) >= 11 is 2.07. The molecule has 0 spiro atoms. The molecule has 0 aromatic heterocycles. The van der Waals surface area contributed by atoms with Crippen molar-refractivity contribution in [2.45, 2.75) is 52.7 Å². The molecule has 0 saturated carbocycles. The van der Waals surface area contributed by atoms with Crippen LogP contribution < -0.4 is 4.52 Å². The van der Waals surface area contributed by atoms with Crippen molar-refractivity contribution in [3.05, 3.63) is 21.8 Å². The highest BCUT2D eigenvalue weighted by molar-refractivity contribution is 14.1. The molecule has 1 rings (SSSR count). The second-order valence-corrected chi connectivity index (χ2v) is 9.25. The molecule has 1 aromatic carbocycles. The Labute approximate surface area is 139 Å². The van der Waals surface area contributed by atoms with E-state index in [0.29, 0.717) is 0 Å². The first-order valence-electron chi connectivity index (χ1n) is 6.49. The van der Waals surface area contributed by atoms with E-state index in [1.165, 1.54) is 6.07 Å². The molecule has 0 aliphatic carbocycles. The molecule has 0 bridgehead atoms. The van der Waals surface area contributed by atoms with E-state index in [0.717, 1.165) is 3.57 Å². The summed E-state index contributed by atoms with van der Waals surface area (Å²) in [6.45, 7) is 10.5. The topological polar surface area (TPSA) is 65.0 Å². The molecule has 21 heavy (non-hydrogen) atoms. The smallest absolute Gasteiger partial charge is 0.504 e. The van der Waals surface area contributed by atoms with Gasteiger partial charge in [-0.05, 0) is 82.3 Å². The highest BCUT2D eigenvalue weighted by atomic mass is 127. The Morgan fingerprint density at radius 1 is 1.05 bits per heavy atom. The number of phosphoric acid groups is 1. The Hall–Kier alpha value is -0.300. The van der Waals surface area contributed by atoms with E-state index in [4.69, 9.17) is 13.6 Å². The second kappa shape index (κ2) is 6.44. The van der Waals surface area contributed by atoms with E-state index in [2.05, 4.69) is 22.6 Å². The predicted molar refractivity (Wildman–Crippen MR) is 90.7 cm³/mol. The van der Waals surface area contributed by atoms with Crippen LogP contribution in [0.25, 0.3) is 0 Å². The van der Waals surface area contributed by atoms with Crippen LogP contribution in [0.15, 0.2) is 18.2 Å². The third-order valence-corrected chi connectivity index (χ3v) is 4.54. The molecular weight excluding hydrogens is 406 g/mol. The Morgan fingerprint density at radius 3 is 1.95 bits per heavy atom. The molecule has 0 radical (unpaired) electrons. The monoisotopic (exact) mass is 428 g/mol. The molecule has 0 atom stereocenters. The van der Waals surface area contributed by atoms with Crippen LogP contribution in [0.2, 0.25) is 0 Å². The van der Waals surface area contributed by atoms with Crippen LogP contribution in [0, 0.1) is 3.57 Å². The molecule has 120 valence electrons. The number of rotatable bonds is 4. The first kappa shape index (κ1) is 18.7. The van der Waals surface area contributed by atoms with E-state index in [1.807, 2.05) is 0 Å². The zero-order valence-corrected chi connectivity index (χ0v) is 16.2. The maximum atomic E-state index is 12.9. The molecule has 0 aliphatic heterocycles. The summed E-state index contributed by atoms with van der Waals surface area (Å²) in [6.07, 6.45) is 0. The number of phenolic OH excluding ortho intramolecular Hbond substituents is 1. The van der Waals surface area contributed by atoms with Crippen LogP contribution in [-0.4, -0.2) is 16.3 Å². The Morgan fingerprint density at radius 2 is 1.52 bits per heavy atom. The Balaban J connectivity index is 3.13. The number of hydrogen-bond acceptors (Lipinski definition) is 5. The van der Waals surface area contributed by atoms with Crippen LogP contribution in [0.5, 0.6) is 11.5 Å². The minimum atomic E-state index is -3.89. The number of benzene rings is 1. The van der Waals surface area contributed by atoms with Crippen LogP contribution in [-0.2, 0) is 13.6 Å². The quantitative estimate of drug-likeness (QED) is 0.533. The van der Waals surface area contributed by atoms with Crippen molar-refractivity contribution in [2.75, 3.05) is 0 Å². The summed E-state index contributed by atoms with van der Waals surface area (Å²) in [5.41, 5.74) is -1.45. The summed E-state index contributed by atoms with van der Waals surface area (Å²) in [7, 11) is -3.89. The van der Waals surface area contributed by atoms with Gasteiger partial charge in [0.25, 0.3) is 0 Å². The molecule has 1 aromatic rings. The van der Waals surface area contributed by atoms with Crippen molar-refractivity contribution in [2.24, 2.45) is 0 Å². The summed E-state index contributed by atoms with van der Waals surface area (Å²) in [5.74, 6) is -0.0515. The molecule has 5 nitrogen and oxygen atoms in total. The molecule has 1 N–H and O–H groups in total. The van der Waals surface area contributed by atoms with Crippen molar-refractivity contribution >= 4 is 30.4 Å². The van der Waals surface area contributed by atoms with Crippen molar-refractivity contribution in [3.8, 4) is 11.5 Å². The van der Waals surface area contributed by atoms with Gasteiger partial charge in [-0.25, -0.2) is 4.57 Å². The SMILES string of the molecule is CC(C)(C)OP(=O)(Oc1cc(I)ccc1O)OC(C)(C)C. The van der Waals surface area contributed by atoms with E-state index < -0.39 is 19.0 Å². The van der Waals surface area contributed by atoms with Gasteiger partial charge in [-0.3, -0.25) is 9.05 Å². The fraction of sp³-hybridized carbons (Fsp3) is 0.571. The lowest BCUT2D eigenvalue weighted by Gasteiger charge is -2.30. The fourth-order valence-electron chi connectivity index (χ4n) is 1.41. The molecule has 0 unspecified atom stereocenters. The van der Waals surface area contributed by atoms with Crippen LogP contribution >= 0.6 is 30.4 Å². The highest BCUT2D eigenvalue weighted by Gasteiger charge is 2.39. The van der Waals surface area contributed by atoms with E-state index in [1.54, 1.807) is 53.7 Å². The maximum absolute atomic E-state index is 12.9. The largest absolute Gasteiger partial charge is 0.531 e. The summed E-state index contributed by atoms with van der Waals surface area (Å²) in [4.78, 5) is 0. The van der Waals surface area contributed by atoms with Gasteiger partial charge in [0.1, 0.15) is 0 Å². The zero-order valence-electron chi connectivity index (χ0n) is 13.1. The van der Waals surface area contributed by atoms with Crippen molar-refractivity contribution in [3.63, 3.8) is 0 Å². The first-order valence-corrected chi connectivity index (χ1v) is 9.03. The van der Waals surface area contributed by atoms with E-state index >= 15 is 0 Å². The van der Waals surface area contributed by atoms with E-state index in [-0.39, 0.29) is 11.5 Å². The van der Waals surface area contributed by atoms with Gasteiger partial charge in [-0.1, -0.05) is 0 Å². The van der Waals surface area contributed by atoms with E-state index in [9.17, 15) is 9.67 Å². The minimum absolute atomic E-state index is 0.0683. The predicted octanol–water partition coefficient (Wildman–Crippen LogP) is 5.11. The second-order valence-electron chi connectivity index (χ2n) is 6.56.